The molecule has 0 radical (unpaired) electrons. The minimum absolute atomic E-state index is 0.242. The van der Waals surface area contributed by atoms with E-state index in [1.807, 2.05) is 0 Å². The fraction of sp³-hybridized carbons (Fsp3) is 0.381. The quantitative estimate of drug-likeness (QED) is 0.546. The summed E-state index contributed by atoms with van der Waals surface area (Å²) >= 11 is 13.1. The van der Waals surface area contributed by atoms with Gasteiger partial charge in [0.05, 0.1) is 17.2 Å². The Morgan fingerprint density at radius 1 is 1.10 bits per heavy atom. The molecular formula is C21H21Cl2NO6S. The van der Waals surface area contributed by atoms with Gasteiger partial charge in [0.1, 0.15) is 10.8 Å². The average molecular weight is 486 g/mol. The van der Waals surface area contributed by atoms with Gasteiger partial charge in [-0.25, -0.2) is 9.59 Å². The zero-order chi connectivity index (χ0) is 22.4. The highest BCUT2D eigenvalue weighted by molar-refractivity contribution is 7.17. The highest BCUT2D eigenvalue weighted by Gasteiger charge is 2.27. The molecule has 166 valence electrons. The predicted octanol–water partition coefficient (Wildman–Crippen LogP) is 4.67. The van der Waals surface area contributed by atoms with Gasteiger partial charge in [-0.05, 0) is 56.4 Å². The number of anilines is 1. The number of nitrogens with one attached hydrogen (secondary N) is 1. The van der Waals surface area contributed by atoms with Crippen molar-refractivity contribution >= 4 is 57.4 Å². The number of hydrogen-bond acceptors (Lipinski definition) is 7. The van der Waals surface area contributed by atoms with Crippen LogP contribution in [0, 0.1) is 0 Å². The number of benzene rings is 1. The van der Waals surface area contributed by atoms with Gasteiger partial charge in [-0.15, -0.1) is 11.3 Å². The molecule has 2 aromatic rings. The van der Waals surface area contributed by atoms with Crippen molar-refractivity contribution in [3.05, 3.63) is 44.2 Å². The van der Waals surface area contributed by atoms with E-state index < -0.39 is 31.1 Å². The van der Waals surface area contributed by atoms with Gasteiger partial charge >= 0.3 is 11.9 Å². The molecule has 10 heteroatoms. The highest BCUT2D eigenvalue weighted by Crippen LogP contribution is 2.38. The molecule has 1 aromatic carbocycles. The maximum absolute atomic E-state index is 12.4. The Morgan fingerprint density at radius 2 is 1.87 bits per heavy atom. The number of rotatable bonds is 8. The Hall–Kier alpha value is -2.29. The Morgan fingerprint density at radius 3 is 2.61 bits per heavy atom. The normalized spacial score (nSPS) is 12.6. The van der Waals surface area contributed by atoms with Crippen molar-refractivity contribution in [1.82, 2.24) is 0 Å². The van der Waals surface area contributed by atoms with Crippen LogP contribution in [-0.2, 0) is 31.9 Å². The predicted molar refractivity (Wildman–Crippen MR) is 118 cm³/mol. The first kappa shape index (κ1) is 23.4. The maximum Gasteiger partial charge on any atom is 0.344 e. The van der Waals surface area contributed by atoms with Gasteiger partial charge in [-0.3, -0.25) is 4.79 Å². The molecule has 1 heterocycles. The number of aryl methyl sites for hydroxylation is 1. The molecule has 1 aliphatic rings. The van der Waals surface area contributed by atoms with Crippen molar-refractivity contribution < 1.29 is 28.6 Å². The van der Waals surface area contributed by atoms with Crippen molar-refractivity contribution in [3.8, 4) is 5.75 Å². The van der Waals surface area contributed by atoms with Gasteiger partial charge in [-0.1, -0.05) is 23.2 Å². The standard InChI is InChI=1S/C21H21Cl2NO6S/c1-2-28-21(27)19-13-5-3-4-6-16(13)31-20(19)24-17(25)10-30-18(26)11-29-15-8-7-12(22)9-14(15)23/h7-9H,2-6,10-11H2,1H3,(H,24,25). The fourth-order valence-electron chi connectivity index (χ4n) is 3.15. The van der Waals surface area contributed by atoms with Crippen LogP contribution in [0.2, 0.25) is 10.0 Å². The average Bonchev–Trinajstić information content (AvgIpc) is 3.09. The largest absolute Gasteiger partial charge is 0.480 e. The van der Waals surface area contributed by atoms with Crippen molar-refractivity contribution in [2.75, 3.05) is 25.1 Å². The van der Waals surface area contributed by atoms with Gasteiger partial charge in [0.25, 0.3) is 5.91 Å². The summed E-state index contributed by atoms with van der Waals surface area (Å²) in [4.78, 5) is 37.7. The molecule has 0 spiro atoms. The number of amides is 1. The molecule has 1 aromatic heterocycles. The third-order valence-corrected chi connectivity index (χ3v) is 6.25. The van der Waals surface area contributed by atoms with Gasteiger partial charge in [0, 0.05) is 9.90 Å². The summed E-state index contributed by atoms with van der Waals surface area (Å²) < 4.78 is 15.4. The van der Waals surface area contributed by atoms with Crippen LogP contribution in [0.3, 0.4) is 0 Å². The lowest BCUT2D eigenvalue weighted by Crippen LogP contribution is -2.24. The van der Waals surface area contributed by atoms with Crippen molar-refractivity contribution in [3.63, 3.8) is 0 Å². The molecule has 1 aliphatic carbocycles. The Kier molecular flexibility index (Phi) is 8.17. The van der Waals surface area contributed by atoms with Crippen LogP contribution in [0.1, 0.15) is 40.6 Å². The molecule has 3 rings (SSSR count). The van der Waals surface area contributed by atoms with Crippen LogP contribution in [0.15, 0.2) is 18.2 Å². The molecule has 0 bridgehead atoms. The second-order valence-corrected chi connectivity index (χ2v) is 8.66. The van der Waals surface area contributed by atoms with Crippen molar-refractivity contribution in [2.24, 2.45) is 0 Å². The fourth-order valence-corrected chi connectivity index (χ4v) is 4.91. The number of thiophene rings is 1. The summed E-state index contributed by atoms with van der Waals surface area (Å²) in [5.74, 6) is -1.47. The number of hydrogen-bond donors (Lipinski definition) is 1. The van der Waals surface area contributed by atoms with Crippen molar-refractivity contribution in [2.45, 2.75) is 32.6 Å². The minimum Gasteiger partial charge on any atom is -0.480 e. The third kappa shape index (κ3) is 6.12. The minimum atomic E-state index is -0.739. The molecular weight excluding hydrogens is 465 g/mol. The summed E-state index contributed by atoms with van der Waals surface area (Å²) in [7, 11) is 0. The van der Waals surface area contributed by atoms with E-state index in [4.69, 9.17) is 37.4 Å². The Balaban J connectivity index is 1.56. The number of halogens is 2. The monoisotopic (exact) mass is 485 g/mol. The molecule has 1 amide bonds. The first-order valence-corrected chi connectivity index (χ1v) is 11.3. The van der Waals surface area contributed by atoms with Crippen LogP contribution >= 0.6 is 34.5 Å². The third-order valence-electron chi connectivity index (χ3n) is 4.51. The maximum atomic E-state index is 12.4. The van der Waals surface area contributed by atoms with E-state index in [2.05, 4.69) is 5.32 Å². The van der Waals surface area contributed by atoms with E-state index >= 15 is 0 Å². The van der Waals surface area contributed by atoms with Crippen LogP contribution < -0.4 is 10.1 Å². The molecule has 1 N–H and O–H groups in total. The summed E-state index contributed by atoms with van der Waals surface area (Å²) in [5, 5.41) is 3.80. The van der Waals surface area contributed by atoms with E-state index in [9.17, 15) is 14.4 Å². The number of carbonyl (C=O) groups excluding carboxylic acids is 3. The lowest BCUT2D eigenvalue weighted by atomic mass is 9.95. The molecule has 0 aliphatic heterocycles. The van der Waals surface area contributed by atoms with E-state index in [0.717, 1.165) is 36.1 Å². The summed E-state index contributed by atoms with van der Waals surface area (Å²) in [6.07, 6.45) is 3.66. The molecule has 0 saturated heterocycles. The van der Waals surface area contributed by atoms with Crippen LogP contribution in [-0.4, -0.2) is 37.7 Å². The first-order valence-electron chi connectivity index (χ1n) is 9.74. The topological polar surface area (TPSA) is 90.9 Å². The zero-order valence-corrected chi connectivity index (χ0v) is 19.1. The second-order valence-electron chi connectivity index (χ2n) is 6.71. The molecule has 0 fully saturated rings. The molecule has 31 heavy (non-hydrogen) atoms. The van der Waals surface area contributed by atoms with E-state index in [-0.39, 0.29) is 17.4 Å². The SMILES string of the molecule is CCOC(=O)c1c(NC(=O)COC(=O)COc2ccc(Cl)cc2Cl)sc2c1CCCC2. The number of ether oxygens (including phenoxy) is 3. The van der Waals surface area contributed by atoms with Crippen LogP contribution in [0.5, 0.6) is 5.75 Å². The van der Waals surface area contributed by atoms with E-state index in [0.29, 0.717) is 15.6 Å². The smallest absolute Gasteiger partial charge is 0.344 e. The Labute approximate surface area is 193 Å². The van der Waals surface area contributed by atoms with Gasteiger partial charge in [0.15, 0.2) is 13.2 Å². The first-order chi connectivity index (χ1) is 14.9. The number of esters is 2. The summed E-state index contributed by atoms with van der Waals surface area (Å²) in [6.45, 7) is 1.04. The number of fused-ring (bicyclic) bond motifs is 1. The zero-order valence-electron chi connectivity index (χ0n) is 16.8. The van der Waals surface area contributed by atoms with E-state index in [1.165, 1.54) is 23.5 Å². The molecule has 7 nitrogen and oxygen atoms in total. The van der Waals surface area contributed by atoms with Gasteiger partial charge in [0.2, 0.25) is 0 Å². The van der Waals surface area contributed by atoms with Gasteiger partial charge < -0.3 is 19.5 Å². The lowest BCUT2D eigenvalue weighted by molar-refractivity contribution is -0.149. The summed E-state index contributed by atoms with van der Waals surface area (Å²) in [5.41, 5.74) is 1.34. The van der Waals surface area contributed by atoms with Crippen molar-refractivity contribution in [1.29, 1.82) is 0 Å². The lowest BCUT2D eigenvalue weighted by Gasteiger charge is -2.12. The molecule has 0 atom stereocenters. The highest BCUT2D eigenvalue weighted by atomic mass is 35.5. The number of carbonyl (C=O) groups is 3. The van der Waals surface area contributed by atoms with Gasteiger partial charge in [-0.2, -0.15) is 0 Å². The van der Waals surface area contributed by atoms with Crippen LogP contribution in [0.25, 0.3) is 0 Å². The van der Waals surface area contributed by atoms with Crippen LogP contribution in [0.4, 0.5) is 5.00 Å². The van der Waals surface area contributed by atoms with E-state index in [1.54, 1.807) is 13.0 Å². The second kappa shape index (κ2) is 10.8. The molecule has 0 saturated carbocycles. The Bertz CT molecular complexity index is 990. The molecule has 0 unspecified atom stereocenters. The summed E-state index contributed by atoms with van der Waals surface area (Å²) in [6, 6.07) is 4.59.